The number of hydrogen-bond donors (Lipinski definition) is 1. The van der Waals surface area contributed by atoms with E-state index in [9.17, 15) is 18.0 Å². The molecule has 0 spiro atoms. The normalized spacial score (nSPS) is 14.9. The van der Waals surface area contributed by atoms with Crippen LogP contribution in [0.3, 0.4) is 0 Å². The number of amides is 1. The van der Waals surface area contributed by atoms with Crippen LogP contribution in [0.15, 0.2) is 72.8 Å². The number of nitrogens with zero attached hydrogens (tertiary/aromatic N) is 2. The van der Waals surface area contributed by atoms with E-state index in [-0.39, 0.29) is 56.3 Å². The highest BCUT2D eigenvalue weighted by atomic mass is 35.5. The predicted molar refractivity (Wildman–Crippen MR) is 154 cm³/mol. The molecule has 1 aliphatic carbocycles. The summed E-state index contributed by atoms with van der Waals surface area (Å²) < 4.78 is 52.0. The number of aromatic nitrogens is 2. The largest absolute Gasteiger partial charge is 0.414 e. The van der Waals surface area contributed by atoms with Crippen LogP contribution in [0.1, 0.15) is 36.9 Å². The van der Waals surface area contributed by atoms with Gasteiger partial charge in [0.05, 0.1) is 18.9 Å². The quantitative estimate of drug-likeness (QED) is 0.215. The SMILES string of the molecule is O=C(NC1CCC(F)(F)CC1)Oc1nc(-c2ccc(Cl)cc2)c(-c2ccc(Cl)cc2)nc1COCc1ccc(F)cc1. The van der Waals surface area contributed by atoms with Crippen molar-refractivity contribution in [1.29, 1.82) is 0 Å². The van der Waals surface area contributed by atoms with Gasteiger partial charge in [0, 0.05) is 40.1 Å². The number of carbonyl (C=O) groups excluding carboxylic acids is 1. The Bertz CT molecular complexity index is 1530. The molecular weight excluding hydrogens is 590 g/mol. The van der Waals surface area contributed by atoms with E-state index < -0.39 is 18.1 Å². The number of benzene rings is 3. The van der Waals surface area contributed by atoms with E-state index in [1.807, 2.05) is 0 Å². The number of rotatable bonds is 8. The van der Waals surface area contributed by atoms with Gasteiger partial charge >= 0.3 is 6.09 Å². The molecule has 1 aliphatic rings. The van der Waals surface area contributed by atoms with Gasteiger partial charge in [-0.3, -0.25) is 0 Å². The molecule has 1 saturated carbocycles. The van der Waals surface area contributed by atoms with Crippen molar-refractivity contribution in [2.45, 2.75) is 50.9 Å². The minimum absolute atomic E-state index is 0.0931. The van der Waals surface area contributed by atoms with E-state index in [0.717, 1.165) is 5.56 Å². The highest BCUT2D eigenvalue weighted by molar-refractivity contribution is 6.31. The lowest BCUT2D eigenvalue weighted by Gasteiger charge is -2.28. The first kappa shape index (κ1) is 29.8. The molecule has 0 saturated heterocycles. The molecule has 4 aromatic rings. The molecule has 0 bridgehead atoms. The average Bonchev–Trinajstić information content (AvgIpc) is 2.97. The Morgan fingerprint density at radius 1 is 0.833 bits per heavy atom. The fourth-order valence-corrected chi connectivity index (χ4v) is 4.82. The van der Waals surface area contributed by atoms with Crippen molar-refractivity contribution in [1.82, 2.24) is 15.3 Å². The Morgan fingerprint density at radius 3 is 1.95 bits per heavy atom. The van der Waals surface area contributed by atoms with Gasteiger partial charge in [-0.1, -0.05) is 59.6 Å². The van der Waals surface area contributed by atoms with Crippen molar-refractivity contribution in [2.75, 3.05) is 0 Å². The summed E-state index contributed by atoms with van der Waals surface area (Å²) in [6, 6.07) is 19.4. The number of carbonyl (C=O) groups is 1. The third-order valence-corrected chi connectivity index (χ3v) is 7.32. The van der Waals surface area contributed by atoms with Crippen molar-refractivity contribution < 1.29 is 27.4 Å². The van der Waals surface area contributed by atoms with Crippen molar-refractivity contribution in [3.8, 4) is 28.4 Å². The van der Waals surface area contributed by atoms with Gasteiger partial charge in [0.15, 0.2) is 0 Å². The van der Waals surface area contributed by atoms with Gasteiger partial charge in [-0.05, 0) is 54.8 Å². The van der Waals surface area contributed by atoms with Crippen LogP contribution in [-0.4, -0.2) is 28.0 Å². The summed E-state index contributed by atoms with van der Waals surface area (Å²) in [6.45, 7) is 0.0449. The fourth-order valence-electron chi connectivity index (χ4n) is 4.56. The number of alkyl halides is 2. The van der Waals surface area contributed by atoms with E-state index >= 15 is 0 Å². The van der Waals surface area contributed by atoms with Gasteiger partial charge in [-0.2, -0.15) is 0 Å². The second-order valence-corrected chi connectivity index (χ2v) is 10.8. The Labute approximate surface area is 250 Å². The summed E-state index contributed by atoms with van der Waals surface area (Å²) in [5.41, 5.74) is 3.22. The van der Waals surface area contributed by atoms with Crippen LogP contribution in [0.5, 0.6) is 5.88 Å². The second kappa shape index (κ2) is 13.1. The highest BCUT2D eigenvalue weighted by Gasteiger charge is 2.35. The number of nitrogens with one attached hydrogen (secondary N) is 1. The Morgan fingerprint density at radius 2 is 1.38 bits per heavy atom. The lowest BCUT2D eigenvalue weighted by atomic mass is 9.92. The highest BCUT2D eigenvalue weighted by Crippen LogP contribution is 2.35. The number of hydrogen-bond acceptors (Lipinski definition) is 5. The van der Waals surface area contributed by atoms with Crippen LogP contribution in [0, 0.1) is 5.82 Å². The predicted octanol–water partition coefficient (Wildman–Crippen LogP) is 8.64. The van der Waals surface area contributed by atoms with Crippen molar-refractivity contribution >= 4 is 29.3 Å². The maximum Gasteiger partial charge on any atom is 0.414 e. The van der Waals surface area contributed by atoms with Crippen LogP contribution < -0.4 is 10.1 Å². The molecule has 6 nitrogen and oxygen atoms in total. The molecule has 218 valence electrons. The third kappa shape index (κ3) is 7.79. The molecule has 0 aliphatic heterocycles. The van der Waals surface area contributed by atoms with Gasteiger partial charge in [-0.25, -0.2) is 27.9 Å². The Balaban J connectivity index is 1.47. The molecule has 1 N–H and O–H groups in total. The van der Waals surface area contributed by atoms with Crippen LogP contribution >= 0.6 is 23.2 Å². The lowest BCUT2D eigenvalue weighted by Crippen LogP contribution is -2.41. The molecule has 42 heavy (non-hydrogen) atoms. The summed E-state index contributed by atoms with van der Waals surface area (Å²) in [4.78, 5) is 22.4. The molecule has 3 aromatic carbocycles. The van der Waals surface area contributed by atoms with Crippen LogP contribution in [0.4, 0.5) is 18.0 Å². The summed E-state index contributed by atoms with van der Waals surface area (Å²) in [6.07, 6.45) is -1.19. The molecule has 0 radical (unpaired) electrons. The van der Waals surface area contributed by atoms with Crippen molar-refractivity contribution in [3.63, 3.8) is 0 Å². The standard InChI is InChI=1S/C31H26Cl2F3N3O3/c32-22-7-3-20(4-8-22)27-28(21-5-9-23(33)10-6-21)39-29(42-30(40)37-25-13-15-31(35,36)16-14-25)26(38-27)18-41-17-19-1-11-24(34)12-2-19/h1-12,25H,13-18H2,(H,37,40). The number of halogens is 5. The summed E-state index contributed by atoms with van der Waals surface area (Å²) >= 11 is 12.2. The molecule has 0 atom stereocenters. The van der Waals surface area contributed by atoms with Gasteiger partial charge in [0.1, 0.15) is 17.2 Å². The number of ether oxygens (including phenoxy) is 2. The molecule has 1 amide bonds. The zero-order valence-electron chi connectivity index (χ0n) is 22.3. The van der Waals surface area contributed by atoms with E-state index in [4.69, 9.17) is 42.6 Å². The first-order chi connectivity index (χ1) is 20.1. The lowest BCUT2D eigenvalue weighted by molar-refractivity contribution is -0.0399. The molecule has 1 fully saturated rings. The van der Waals surface area contributed by atoms with E-state index in [1.54, 1.807) is 60.7 Å². The molecular formula is C31H26Cl2F3N3O3. The van der Waals surface area contributed by atoms with Crippen LogP contribution in [-0.2, 0) is 18.0 Å². The zero-order valence-corrected chi connectivity index (χ0v) is 23.8. The van der Waals surface area contributed by atoms with E-state index in [0.29, 0.717) is 32.6 Å². The maximum absolute atomic E-state index is 13.6. The van der Waals surface area contributed by atoms with Gasteiger partial charge in [-0.15, -0.1) is 0 Å². The molecule has 0 unspecified atom stereocenters. The van der Waals surface area contributed by atoms with E-state index in [1.165, 1.54) is 12.1 Å². The molecule has 5 rings (SSSR count). The first-order valence-electron chi connectivity index (χ1n) is 13.3. The smallest absolute Gasteiger partial charge is 0.389 e. The fraction of sp³-hybridized carbons (Fsp3) is 0.258. The summed E-state index contributed by atoms with van der Waals surface area (Å²) in [5, 5.41) is 3.74. The minimum atomic E-state index is -2.73. The van der Waals surface area contributed by atoms with Crippen LogP contribution in [0.25, 0.3) is 22.5 Å². The molecule has 1 heterocycles. The van der Waals surface area contributed by atoms with Gasteiger partial charge in [0.2, 0.25) is 11.8 Å². The maximum atomic E-state index is 13.6. The Kier molecular flexibility index (Phi) is 9.30. The zero-order chi connectivity index (χ0) is 29.7. The minimum Gasteiger partial charge on any atom is -0.389 e. The third-order valence-electron chi connectivity index (χ3n) is 6.82. The summed E-state index contributed by atoms with van der Waals surface area (Å²) in [7, 11) is 0. The topological polar surface area (TPSA) is 73.3 Å². The Hall–Kier alpha value is -3.66. The first-order valence-corrected chi connectivity index (χ1v) is 14.0. The average molecular weight is 616 g/mol. The van der Waals surface area contributed by atoms with E-state index in [2.05, 4.69) is 5.32 Å². The van der Waals surface area contributed by atoms with Crippen molar-refractivity contribution in [2.24, 2.45) is 0 Å². The second-order valence-electron chi connectivity index (χ2n) is 9.97. The van der Waals surface area contributed by atoms with Crippen LogP contribution in [0.2, 0.25) is 10.0 Å². The van der Waals surface area contributed by atoms with Gasteiger partial charge in [0.25, 0.3) is 0 Å². The summed E-state index contributed by atoms with van der Waals surface area (Å²) in [5.74, 6) is -3.19. The molecule has 1 aromatic heterocycles. The monoisotopic (exact) mass is 615 g/mol. The van der Waals surface area contributed by atoms with Gasteiger partial charge < -0.3 is 14.8 Å². The molecule has 11 heteroatoms. The van der Waals surface area contributed by atoms with Crippen molar-refractivity contribution in [3.05, 3.63) is 99.9 Å².